The van der Waals surface area contributed by atoms with Crippen molar-refractivity contribution in [2.45, 2.75) is 13.3 Å². The predicted octanol–water partition coefficient (Wildman–Crippen LogP) is 1.59. The predicted molar refractivity (Wildman–Crippen MR) is 130 cm³/mol. The Morgan fingerprint density at radius 1 is 0.882 bits per heavy atom. The molecule has 3 heterocycles. The third-order valence-corrected chi connectivity index (χ3v) is 5.26. The maximum absolute atomic E-state index is 12.8. The minimum Gasteiger partial charge on any atom is -0.351 e. The van der Waals surface area contributed by atoms with E-state index in [1.165, 1.54) is 4.57 Å². The van der Waals surface area contributed by atoms with Gasteiger partial charge in [0.05, 0.1) is 5.69 Å². The van der Waals surface area contributed by atoms with Crippen molar-refractivity contribution in [2.75, 3.05) is 37.8 Å². The van der Waals surface area contributed by atoms with Crippen LogP contribution in [0.5, 0.6) is 0 Å². The van der Waals surface area contributed by atoms with E-state index in [1.807, 2.05) is 27.2 Å². The maximum Gasteiger partial charge on any atom is 0.291 e. The van der Waals surface area contributed by atoms with Crippen molar-refractivity contribution < 1.29 is 14.4 Å². The largest absolute Gasteiger partial charge is 0.351 e. The van der Waals surface area contributed by atoms with Gasteiger partial charge in [-0.1, -0.05) is 0 Å². The van der Waals surface area contributed by atoms with Crippen LogP contribution in [0.25, 0.3) is 0 Å². The molecule has 11 nitrogen and oxygen atoms in total. The summed E-state index contributed by atoms with van der Waals surface area (Å²) in [6, 6.07) is 3.39. The lowest BCUT2D eigenvalue weighted by molar-refractivity contribution is 0.0942. The van der Waals surface area contributed by atoms with Gasteiger partial charge in [0.2, 0.25) is 5.82 Å². The number of amides is 3. The van der Waals surface area contributed by atoms with E-state index in [-0.39, 0.29) is 23.5 Å². The van der Waals surface area contributed by atoms with Gasteiger partial charge in [-0.3, -0.25) is 14.4 Å². The van der Waals surface area contributed by atoms with E-state index in [1.54, 1.807) is 54.8 Å². The molecule has 0 aliphatic carbocycles. The standard InChI is InChI=1S/C23H32N8O3/c1-15-10-17(29(4)12-15)22(33)27-19-14-31(6)20(26-19)23(34)25-16-11-18(30(5)13-16)21(32)24-8-7-9-28(2)3/h10-14H,7-9H2,1-6H3,(H,24,32)(H,25,34)(H,27,33). The summed E-state index contributed by atoms with van der Waals surface area (Å²) < 4.78 is 4.91. The summed E-state index contributed by atoms with van der Waals surface area (Å²) in [6.07, 6.45) is 5.93. The molecular formula is C23H32N8O3. The summed E-state index contributed by atoms with van der Waals surface area (Å²) in [5, 5.41) is 8.37. The van der Waals surface area contributed by atoms with Crippen LogP contribution in [0.4, 0.5) is 11.5 Å². The molecule has 0 saturated carbocycles. The fraction of sp³-hybridized carbons (Fsp3) is 0.391. The topological polar surface area (TPSA) is 118 Å². The third kappa shape index (κ3) is 5.93. The molecule has 0 fully saturated rings. The van der Waals surface area contributed by atoms with Crippen LogP contribution < -0.4 is 16.0 Å². The average molecular weight is 469 g/mol. The molecule has 0 aliphatic rings. The molecule has 34 heavy (non-hydrogen) atoms. The Kier molecular flexibility index (Phi) is 7.57. The minimum absolute atomic E-state index is 0.122. The van der Waals surface area contributed by atoms with E-state index in [9.17, 15) is 14.4 Å². The monoisotopic (exact) mass is 468 g/mol. The highest BCUT2D eigenvalue weighted by Gasteiger charge is 2.19. The van der Waals surface area contributed by atoms with Crippen molar-refractivity contribution in [3.05, 3.63) is 53.5 Å². The number of aromatic nitrogens is 4. The van der Waals surface area contributed by atoms with Gasteiger partial charge in [-0.15, -0.1) is 0 Å². The molecule has 11 heteroatoms. The van der Waals surface area contributed by atoms with Crippen molar-refractivity contribution in [3.63, 3.8) is 0 Å². The number of carbonyl (C=O) groups excluding carboxylic acids is 3. The molecule has 3 rings (SSSR count). The molecule has 182 valence electrons. The number of anilines is 2. The number of carbonyl (C=O) groups is 3. The summed E-state index contributed by atoms with van der Waals surface area (Å²) in [5.74, 6) is -0.592. The quantitative estimate of drug-likeness (QED) is 0.412. The molecule has 0 aromatic carbocycles. The number of rotatable bonds is 9. The van der Waals surface area contributed by atoms with Gasteiger partial charge in [0.15, 0.2) is 5.82 Å². The zero-order valence-electron chi connectivity index (χ0n) is 20.5. The second kappa shape index (κ2) is 10.4. The van der Waals surface area contributed by atoms with Crippen molar-refractivity contribution in [1.82, 2.24) is 28.9 Å². The van der Waals surface area contributed by atoms with Crippen LogP contribution in [-0.4, -0.2) is 68.5 Å². The number of imidazole rings is 1. The van der Waals surface area contributed by atoms with E-state index < -0.39 is 5.91 Å². The fourth-order valence-corrected chi connectivity index (χ4v) is 3.61. The highest BCUT2D eigenvalue weighted by molar-refractivity contribution is 6.05. The lowest BCUT2D eigenvalue weighted by Gasteiger charge is -2.10. The third-order valence-electron chi connectivity index (χ3n) is 5.26. The van der Waals surface area contributed by atoms with Crippen LogP contribution in [0.1, 0.15) is 43.6 Å². The lowest BCUT2D eigenvalue weighted by atomic mass is 10.3. The molecule has 3 aromatic heterocycles. The van der Waals surface area contributed by atoms with E-state index in [2.05, 4.69) is 25.8 Å². The summed E-state index contributed by atoms with van der Waals surface area (Å²) in [6.45, 7) is 3.35. The molecule has 0 aliphatic heterocycles. The summed E-state index contributed by atoms with van der Waals surface area (Å²) in [7, 11) is 9.16. The molecule has 3 amide bonds. The SMILES string of the molecule is Cc1cc(C(=O)Nc2cn(C)c(C(=O)Nc3cc(C(=O)NCCCN(C)C)n(C)c3)n2)n(C)c1. The Morgan fingerprint density at radius 3 is 2.21 bits per heavy atom. The lowest BCUT2D eigenvalue weighted by Crippen LogP contribution is -2.28. The first-order chi connectivity index (χ1) is 16.0. The second-order valence-corrected chi connectivity index (χ2v) is 8.62. The van der Waals surface area contributed by atoms with Crippen LogP contribution in [0.3, 0.4) is 0 Å². The number of aryl methyl sites for hydroxylation is 4. The van der Waals surface area contributed by atoms with Gasteiger partial charge in [-0.2, -0.15) is 0 Å². The zero-order chi connectivity index (χ0) is 25.0. The molecule has 0 spiro atoms. The van der Waals surface area contributed by atoms with Gasteiger partial charge >= 0.3 is 0 Å². The summed E-state index contributed by atoms with van der Waals surface area (Å²) in [5.41, 5.74) is 2.37. The number of hydrogen-bond acceptors (Lipinski definition) is 5. The molecule has 0 atom stereocenters. The number of hydrogen-bond donors (Lipinski definition) is 3. The van der Waals surface area contributed by atoms with Crippen molar-refractivity contribution in [3.8, 4) is 0 Å². The van der Waals surface area contributed by atoms with Crippen molar-refractivity contribution in [1.29, 1.82) is 0 Å². The van der Waals surface area contributed by atoms with Gasteiger partial charge in [-0.05, 0) is 51.7 Å². The smallest absolute Gasteiger partial charge is 0.291 e. The van der Waals surface area contributed by atoms with Crippen LogP contribution in [0, 0.1) is 6.92 Å². The van der Waals surface area contributed by atoms with E-state index in [4.69, 9.17) is 0 Å². The average Bonchev–Trinajstić information content (AvgIpc) is 3.41. The first-order valence-corrected chi connectivity index (χ1v) is 10.9. The summed E-state index contributed by atoms with van der Waals surface area (Å²) >= 11 is 0. The van der Waals surface area contributed by atoms with Gasteiger partial charge in [-0.25, -0.2) is 4.98 Å². The molecule has 0 bridgehead atoms. The Hall–Kier alpha value is -3.86. The minimum atomic E-state index is -0.457. The Bertz CT molecular complexity index is 1200. The zero-order valence-corrected chi connectivity index (χ0v) is 20.5. The van der Waals surface area contributed by atoms with Gasteiger partial charge in [0.1, 0.15) is 11.4 Å². The van der Waals surface area contributed by atoms with Crippen molar-refractivity contribution in [2.24, 2.45) is 21.1 Å². The second-order valence-electron chi connectivity index (χ2n) is 8.62. The first kappa shape index (κ1) is 24.8. The van der Waals surface area contributed by atoms with Crippen LogP contribution in [0.15, 0.2) is 30.7 Å². The van der Waals surface area contributed by atoms with Crippen LogP contribution in [-0.2, 0) is 21.1 Å². The highest BCUT2D eigenvalue weighted by atomic mass is 16.2. The fourth-order valence-electron chi connectivity index (χ4n) is 3.61. The molecule has 3 N–H and O–H groups in total. The van der Waals surface area contributed by atoms with E-state index >= 15 is 0 Å². The molecule has 3 aromatic rings. The van der Waals surface area contributed by atoms with E-state index in [0.717, 1.165) is 18.5 Å². The number of nitrogens with one attached hydrogen (secondary N) is 3. The summed E-state index contributed by atoms with van der Waals surface area (Å²) in [4.78, 5) is 44.1. The van der Waals surface area contributed by atoms with Crippen LogP contribution >= 0.6 is 0 Å². The highest BCUT2D eigenvalue weighted by Crippen LogP contribution is 2.16. The van der Waals surface area contributed by atoms with Gasteiger partial charge < -0.3 is 34.6 Å². The molecule has 0 unspecified atom stereocenters. The molecular weight excluding hydrogens is 436 g/mol. The Labute approximate surface area is 198 Å². The normalized spacial score (nSPS) is 11.0. The van der Waals surface area contributed by atoms with E-state index in [0.29, 0.717) is 23.6 Å². The number of nitrogens with zero attached hydrogens (tertiary/aromatic N) is 5. The molecule has 0 saturated heterocycles. The Balaban J connectivity index is 1.63. The Morgan fingerprint density at radius 2 is 1.56 bits per heavy atom. The van der Waals surface area contributed by atoms with Gasteiger partial charge in [0, 0.05) is 46.3 Å². The van der Waals surface area contributed by atoms with Gasteiger partial charge in [0.25, 0.3) is 17.7 Å². The maximum atomic E-state index is 12.8. The van der Waals surface area contributed by atoms with Crippen LogP contribution in [0.2, 0.25) is 0 Å². The first-order valence-electron chi connectivity index (χ1n) is 10.9. The molecule has 0 radical (unpaired) electrons. The van der Waals surface area contributed by atoms with Crippen molar-refractivity contribution >= 4 is 29.2 Å².